The summed E-state index contributed by atoms with van der Waals surface area (Å²) in [7, 11) is 3.97. The van der Waals surface area contributed by atoms with Crippen molar-refractivity contribution >= 4 is 23.0 Å². The van der Waals surface area contributed by atoms with Crippen molar-refractivity contribution in [2.45, 2.75) is 18.9 Å². The number of hydrogen-bond donors (Lipinski definition) is 2. The molecule has 1 fully saturated rings. The van der Waals surface area contributed by atoms with Crippen LogP contribution in [-0.4, -0.2) is 24.6 Å². The van der Waals surface area contributed by atoms with Crippen molar-refractivity contribution in [2.75, 3.05) is 30.0 Å². The molecule has 1 aromatic heterocycles. The van der Waals surface area contributed by atoms with Crippen molar-refractivity contribution in [3.8, 4) is 0 Å². The molecule has 0 radical (unpaired) electrons. The number of carbonyl (C=O) groups excluding carboxylic acids is 1. The first-order chi connectivity index (χ1) is 10.0. The molecule has 1 aliphatic carbocycles. The van der Waals surface area contributed by atoms with Crippen LogP contribution in [0.1, 0.15) is 29.4 Å². The highest BCUT2D eigenvalue weighted by atomic mass is 16.1. The number of nitrogen functional groups attached to an aromatic ring is 1. The first-order valence-electron chi connectivity index (χ1n) is 7.10. The van der Waals surface area contributed by atoms with Gasteiger partial charge in [0.05, 0.1) is 5.69 Å². The standard InChI is InChI=1S/C16H20N4O/c1-19(2)13-5-3-12(4-6-13)18-16(21)15-9-11(17)10-20(15)14-7-8-14/h3-6,9-10,14H,7-8,17H2,1-2H3,(H,18,21). The molecule has 2 aromatic rings. The van der Waals surface area contributed by atoms with Crippen LogP contribution in [0.2, 0.25) is 0 Å². The summed E-state index contributed by atoms with van der Waals surface area (Å²) in [6.45, 7) is 0. The molecule has 0 spiro atoms. The predicted octanol–water partition coefficient (Wildman–Crippen LogP) is 2.72. The van der Waals surface area contributed by atoms with Gasteiger partial charge in [-0.3, -0.25) is 4.79 Å². The van der Waals surface area contributed by atoms with Gasteiger partial charge in [0.25, 0.3) is 5.91 Å². The Hall–Kier alpha value is -2.43. The van der Waals surface area contributed by atoms with Crippen molar-refractivity contribution in [1.29, 1.82) is 0 Å². The van der Waals surface area contributed by atoms with Crippen LogP contribution in [-0.2, 0) is 0 Å². The quantitative estimate of drug-likeness (QED) is 0.907. The van der Waals surface area contributed by atoms with Gasteiger partial charge in [-0.2, -0.15) is 0 Å². The molecular weight excluding hydrogens is 264 g/mol. The molecule has 0 saturated heterocycles. The summed E-state index contributed by atoms with van der Waals surface area (Å²) in [4.78, 5) is 14.4. The molecule has 1 heterocycles. The number of carbonyl (C=O) groups is 1. The van der Waals surface area contributed by atoms with E-state index in [0.29, 0.717) is 17.4 Å². The normalized spacial score (nSPS) is 14.0. The van der Waals surface area contributed by atoms with Gasteiger partial charge < -0.3 is 20.5 Å². The van der Waals surface area contributed by atoms with Gasteiger partial charge >= 0.3 is 0 Å². The van der Waals surface area contributed by atoms with E-state index >= 15 is 0 Å². The number of amides is 1. The van der Waals surface area contributed by atoms with Gasteiger partial charge in [-0.15, -0.1) is 0 Å². The van der Waals surface area contributed by atoms with Gasteiger partial charge in [-0.25, -0.2) is 0 Å². The van der Waals surface area contributed by atoms with Gasteiger partial charge in [0.2, 0.25) is 0 Å². The number of anilines is 3. The fourth-order valence-electron chi connectivity index (χ4n) is 2.38. The average molecular weight is 284 g/mol. The van der Waals surface area contributed by atoms with E-state index in [1.807, 2.05) is 54.0 Å². The Morgan fingerprint density at radius 2 is 1.95 bits per heavy atom. The lowest BCUT2D eigenvalue weighted by Crippen LogP contribution is -2.16. The SMILES string of the molecule is CN(C)c1ccc(NC(=O)c2cc(N)cn2C2CC2)cc1. The molecule has 3 rings (SSSR count). The van der Waals surface area contributed by atoms with E-state index < -0.39 is 0 Å². The molecule has 0 atom stereocenters. The third kappa shape index (κ3) is 2.86. The lowest BCUT2D eigenvalue weighted by atomic mass is 10.2. The smallest absolute Gasteiger partial charge is 0.272 e. The maximum absolute atomic E-state index is 12.4. The molecule has 110 valence electrons. The minimum atomic E-state index is -0.115. The monoisotopic (exact) mass is 284 g/mol. The second-order valence-corrected chi connectivity index (χ2v) is 5.69. The van der Waals surface area contributed by atoms with E-state index in [-0.39, 0.29) is 5.91 Å². The van der Waals surface area contributed by atoms with Crippen LogP contribution in [0.4, 0.5) is 17.1 Å². The lowest BCUT2D eigenvalue weighted by Gasteiger charge is -2.13. The van der Waals surface area contributed by atoms with Gasteiger partial charge in [-0.1, -0.05) is 0 Å². The largest absolute Gasteiger partial charge is 0.397 e. The molecule has 1 aliphatic rings. The van der Waals surface area contributed by atoms with E-state index in [1.54, 1.807) is 6.07 Å². The Kier molecular flexibility index (Phi) is 3.33. The van der Waals surface area contributed by atoms with Crippen LogP contribution in [0.25, 0.3) is 0 Å². The highest BCUT2D eigenvalue weighted by molar-refractivity contribution is 6.04. The summed E-state index contributed by atoms with van der Waals surface area (Å²) in [5.41, 5.74) is 8.97. The lowest BCUT2D eigenvalue weighted by molar-refractivity contribution is 0.101. The number of benzene rings is 1. The fourth-order valence-corrected chi connectivity index (χ4v) is 2.38. The van der Waals surface area contributed by atoms with Gasteiger partial charge in [0.15, 0.2) is 0 Å². The molecule has 5 heteroatoms. The Labute approximate surface area is 124 Å². The molecule has 0 aliphatic heterocycles. The summed E-state index contributed by atoms with van der Waals surface area (Å²) < 4.78 is 1.98. The zero-order valence-corrected chi connectivity index (χ0v) is 12.3. The van der Waals surface area contributed by atoms with Gasteiger partial charge in [0, 0.05) is 37.7 Å². The molecule has 21 heavy (non-hydrogen) atoms. The summed E-state index contributed by atoms with van der Waals surface area (Å²) in [6.07, 6.45) is 4.08. The predicted molar refractivity (Wildman–Crippen MR) is 85.8 cm³/mol. The van der Waals surface area contributed by atoms with Crippen LogP contribution in [0.3, 0.4) is 0 Å². The molecule has 1 amide bonds. The van der Waals surface area contributed by atoms with Crippen LogP contribution < -0.4 is 16.0 Å². The third-order valence-electron chi connectivity index (χ3n) is 3.68. The van der Waals surface area contributed by atoms with Crippen molar-refractivity contribution in [1.82, 2.24) is 4.57 Å². The molecular formula is C16H20N4O. The molecule has 1 saturated carbocycles. The zero-order chi connectivity index (χ0) is 15.0. The Morgan fingerprint density at radius 1 is 1.29 bits per heavy atom. The number of aromatic nitrogens is 1. The zero-order valence-electron chi connectivity index (χ0n) is 12.3. The highest BCUT2D eigenvalue weighted by Gasteiger charge is 2.27. The second-order valence-electron chi connectivity index (χ2n) is 5.69. The molecule has 5 nitrogen and oxygen atoms in total. The summed E-state index contributed by atoms with van der Waals surface area (Å²) in [6, 6.07) is 9.93. The van der Waals surface area contributed by atoms with Gasteiger partial charge in [-0.05, 0) is 43.2 Å². The van der Waals surface area contributed by atoms with E-state index in [0.717, 1.165) is 24.2 Å². The van der Waals surface area contributed by atoms with E-state index in [2.05, 4.69) is 5.32 Å². The van der Waals surface area contributed by atoms with E-state index in [9.17, 15) is 4.79 Å². The summed E-state index contributed by atoms with van der Waals surface area (Å²) in [5, 5.41) is 2.93. The van der Waals surface area contributed by atoms with Crippen molar-refractivity contribution < 1.29 is 4.79 Å². The first-order valence-corrected chi connectivity index (χ1v) is 7.10. The fraction of sp³-hybridized carbons (Fsp3) is 0.312. The third-order valence-corrected chi connectivity index (χ3v) is 3.68. The maximum atomic E-state index is 12.4. The highest BCUT2D eigenvalue weighted by Crippen LogP contribution is 2.37. The summed E-state index contributed by atoms with van der Waals surface area (Å²) in [5.74, 6) is -0.115. The van der Waals surface area contributed by atoms with Crippen molar-refractivity contribution in [3.05, 3.63) is 42.2 Å². The van der Waals surface area contributed by atoms with Crippen molar-refractivity contribution in [2.24, 2.45) is 0 Å². The van der Waals surface area contributed by atoms with Crippen LogP contribution in [0.15, 0.2) is 36.5 Å². The van der Waals surface area contributed by atoms with E-state index in [1.165, 1.54) is 0 Å². The van der Waals surface area contributed by atoms with Crippen LogP contribution in [0, 0.1) is 0 Å². The number of nitrogens with one attached hydrogen (secondary N) is 1. The number of hydrogen-bond acceptors (Lipinski definition) is 3. The van der Waals surface area contributed by atoms with Crippen molar-refractivity contribution in [3.63, 3.8) is 0 Å². The first kappa shape index (κ1) is 13.5. The average Bonchev–Trinajstić information content (AvgIpc) is 3.22. The molecule has 3 N–H and O–H groups in total. The Morgan fingerprint density at radius 3 is 2.52 bits per heavy atom. The minimum absolute atomic E-state index is 0.115. The van der Waals surface area contributed by atoms with E-state index in [4.69, 9.17) is 5.73 Å². The Bertz CT molecular complexity index is 653. The van der Waals surface area contributed by atoms with Gasteiger partial charge in [0.1, 0.15) is 5.69 Å². The second kappa shape index (κ2) is 5.16. The number of nitrogens with two attached hydrogens (primary N) is 1. The number of rotatable bonds is 4. The Balaban J connectivity index is 1.77. The van der Waals surface area contributed by atoms with Crippen LogP contribution in [0.5, 0.6) is 0 Å². The topological polar surface area (TPSA) is 63.3 Å². The number of nitrogens with zero attached hydrogens (tertiary/aromatic N) is 2. The molecule has 0 unspecified atom stereocenters. The minimum Gasteiger partial charge on any atom is -0.397 e. The molecule has 0 bridgehead atoms. The maximum Gasteiger partial charge on any atom is 0.272 e. The van der Waals surface area contributed by atoms with Crippen LogP contribution >= 0.6 is 0 Å². The summed E-state index contributed by atoms with van der Waals surface area (Å²) >= 11 is 0. The molecule has 1 aromatic carbocycles.